The van der Waals surface area contributed by atoms with Gasteiger partial charge in [-0.3, -0.25) is 9.59 Å². The second-order valence-corrected chi connectivity index (χ2v) is 7.15. The third kappa shape index (κ3) is 6.23. The fourth-order valence-electron chi connectivity index (χ4n) is 3.37. The van der Waals surface area contributed by atoms with Crippen molar-refractivity contribution in [2.45, 2.75) is 32.3 Å². The van der Waals surface area contributed by atoms with Gasteiger partial charge in [0.2, 0.25) is 5.91 Å². The summed E-state index contributed by atoms with van der Waals surface area (Å²) in [5.41, 5.74) is 1.15. The Hall–Kier alpha value is -2.60. The number of piperidine rings is 1. The van der Waals surface area contributed by atoms with E-state index in [0.717, 1.165) is 37.9 Å². The number of nitrogens with zero attached hydrogens (tertiary/aromatic N) is 1. The highest BCUT2D eigenvalue weighted by Gasteiger charge is 2.23. The van der Waals surface area contributed by atoms with Crippen LogP contribution in [0.4, 0.5) is 0 Å². The van der Waals surface area contributed by atoms with Gasteiger partial charge in [-0.05, 0) is 42.9 Å². The number of benzene rings is 1. The standard InChI is InChI=1S/C22H28N2O4/c25-21(9-5-14-27-17-19-6-2-1-3-7-19)24-12-10-18(11-13-24)16-23-22(26)20-8-4-15-28-20/h1-4,6-8,15,18H,5,9-14,16-17H2,(H,23,26). The summed E-state index contributed by atoms with van der Waals surface area (Å²) in [5, 5.41) is 2.91. The molecular formula is C22H28N2O4. The molecule has 1 N–H and O–H groups in total. The minimum atomic E-state index is -0.181. The molecule has 0 radical (unpaired) electrons. The molecule has 1 aromatic heterocycles. The summed E-state index contributed by atoms with van der Waals surface area (Å²) in [6.07, 6.45) is 4.58. The van der Waals surface area contributed by atoms with Crippen molar-refractivity contribution in [2.24, 2.45) is 5.92 Å². The average molecular weight is 384 g/mol. The van der Waals surface area contributed by atoms with E-state index in [-0.39, 0.29) is 11.8 Å². The van der Waals surface area contributed by atoms with E-state index in [1.165, 1.54) is 6.26 Å². The number of ether oxygens (including phenoxy) is 1. The van der Waals surface area contributed by atoms with E-state index in [1.54, 1.807) is 12.1 Å². The molecule has 28 heavy (non-hydrogen) atoms. The highest BCUT2D eigenvalue weighted by Crippen LogP contribution is 2.17. The van der Waals surface area contributed by atoms with Crippen LogP contribution in [0.2, 0.25) is 0 Å². The molecule has 2 amide bonds. The van der Waals surface area contributed by atoms with E-state index in [2.05, 4.69) is 5.32 Å². The lowest BCUT2D eigenvalue weighted by Crippen LogP contribution is -2.41. The number of carbonyl (C=O) groups is 2. The molecule has 0 unspecified atom stereocenters. The predicted octanol–water partition coefficient (Wildman–Crippen LogP) is 3.25. The zero-order valence-corrected chi connectivity index (χ0v) is 16.1. The van der Waals surface area contributed by atoms with Gasteiger partial charge in [-0.25, -0.2) is 0 Å². The highest BCUT2D eigenvalue weighted by atomic mass is 16.5. The lowest BCUT2D eigenvalue weighted by molar-refractivity contribution is -0.133. The van der Waals surface area contributed by atoms with Crippen LogP contribution in [0.3, 0.4) is 0 Å². The fraction of sp³-hybridized carbons (Fsp3) is 0.455. The van der Waals surface area contributed by atoms with E-state index in [4.69, 9.17) is 9.15 Å². The number of amides is 2. The smallest absolute Gasteiger partial charge is 0.286 e. The van der Waals surface area contributed by atoms with Gasteiger partial charge in [0.25, 0.3) is 5.91 Å². The predicted molar refractivity (Wildman–Crippen MR) is 106 cm³/mol. The van der Waals surface area contributed by atoms with Gasteiger partial charge in [-0.1, -0.05) is 30.3 Å². The molecule has 6 nitrogen and oxygen atoms in total. The first-order valence-electron chi connectivity index (χ1n) is 9.93. The molecule has 0 saturated carbocycles. The van der Waals surface area contributed by atoms with E-state index in [9.17, 15) is 9.59 Å². The molecule has 6 heteroatoms. The quantitative estimate of drug-likeness (QED) is 0.674. The van der Waals surface area contributed by atoms with Crippen LogP contribution in [0.25, 0.3) is 0 Å². The van der Waals surface area contributed by atoms with Crippen molar-refractivity contribution in [3.63, 3.8) is 0 Å². The number of furan rings is 1. The lowest BCUT2D eigenvalue weighted by Gasteiger charge is -2.32. The van der Waals surface area contributed by atoms with Crippen LogP contribution in [-0.2, 0) is 16.1 Å². The van der Waals surface area contributed by atoms with Crippen LogP contribution in [0.1, 0.15) is 41.8 Å². The first-order chi connectivity index (χ1) is 13.7. The molecule has 3 rings (SSSR count). The van der Waals surface area contributed by atoms with Crippen LogP contribution >= 0.6 is 0 Å². The number of carbonyl (C=O) groups excluding carboxylic acids is 2. The normalized spacial score (nSPS) is 14.8. The minimum absolute atomic E-state index is 0.181. The third-order valence-corrected chi connectivity index (χ3v) is 5.05. The molecule has 1 aliphatic rings. The maximum atomic E-state index is 12.3. The topological polar surface area (TPSA) is 71.8 Å². The van der Waals surface area contributed by atoms with Crippen LogP contribution < -0.4 is 5.32 Å². The van der Waals surface area contributed by atoms with Gasteiger partial charge < -0.3 is 19.4 Å². The van der Waals surface area contributed by atoms with Crippen molar-refractivity contribution in [3.8, 4) is 0 Å². The molecule has 1 saturated heterocycles. The first kappa shape index (κ1) is 20.1. The molecule has 1 aliphatic heterocycles. The number of nitrogens with one attached hydrogen (secondary N) is 1. The Bertz CT molecular complexity index is 722. The summed E-state index contributed by atoms with van der Waals surface area (Å²) in [7, 11) is 0. The minimum Gasteiger partial charge on any atom is -0.459 e. The van der Waals surface area contributed by atoms with Crippen molar-refractivity contribution in [2.75, 3.05) is 26.2 Å². The zero-order chi connectivity index (χ0) is 19.6. The van der Waals surface area contributed by atoms with E-state index >= 15 is 0 Å². The largest absolute Gasteiger partial charge is 0.459 e. The Morgan fingerprint density at radius 1 is 1.11 bits per heavy atom. The van der Waals surface area contributed by atoms with Gasteiger partial charge in [0.15, 0.2) is 5.76 Å². The van der Waals surface area contributed by atoms with Crippen molar-refractivity contribution < 1.29 is 18.7 Å². The van der Waals surface area contributed by atoms with Crippen molar-refractivity contribution in [1.29, 1.82) is 0 Å². The Kier molecular flexibility index (Phi) is 7.67. The Balaban J connectivity index is 1.26. The molecule has 0 atom stereocenters. The second kappa shape index (κ2) is 10.7. The first-order valence-corrected chi connectivity index (χ1v) is 9.93. The fourth-order valence-corrected chi connectivity index (χ4v) is 3.37. The van der Waals surface area contributed by atoms with E-state index in [0.29, 0.717) is 37.9 Å². The maximum Gasteiger partial charge on any atom is 0.286 e. The number of likely N-dealkylation sites (tertiary alicyclic amines) is 1. The number of hydrogen-bond donors (Lipinski definition) is 1. The SMILES string of the molecule is O=C(NCC1CCN(C(=O)CCCOCc2ccccc2)CC1)c1ccco1. The molecule has 0 bridgehead atoms. The molecule has 0 aliphatic carbocycles. The third-order valence-electron chi connectivity index (χ3n) is 5.05. The van der Waals surface area contributed by atoms with Crippen LogP contribution in [0.15, 0.2) is 53.1 Å². The van der Waals surface area contributed by atoms with E-state index in [1.807, 2.05) is 35.2 Å². The molecule has 1 fully saturated rings. The molecule has 2 aromatic rings. The average Bonchev–Trinajstić information content (AvgIpc) is 3.28. The molecule has 0 spiro atoms. The molecule has 1 aromatic carbocycles. The van der Waals surface area contributed by atoms with Gasteiger partial charge in [-0.15, -0.1) is 0 Å². The second-order valence-electron chi connectivity index (χ2n) is 7.15. The highest BCUT2D eigenvalue weighted by molar-refractivity contribution is 5.91. The van der Waals surface area contributed by atoms with Crippen LogP contribution in [0, 0.1) is 5.92 Å². The summed E-state index contributed by atoms with van der Waals surface area (Å²) in [6.45, 7) is 3.31. The molecule has 2 heterocycles. The van der Waals surface area contributed by atoms with Crippen LogP contribution in [-0.4, -0.2) is 43.0 Å². The lowest BCUT2D eigenvalue weighted by atomic mass is 9.96. The maximum absolute atomic E-state index is 12.3. The van der Waals surface area contributed by atoms with Gasteiger partial charge in [0.1, 0.15) is 0 Å². The van der Waals surface area contributed by atoms with Crippen LogP contribution in [0.5, 0.6) is 0 Å². The van der Waals surface area contributed by atoms with Gasteiger partial charge >= 0.3 is 0 Å². The summed E-state index contributed by atoms with van der Waals surface area (Å²) in [5.74, 6) is 0.750. The van der Waals surface area contributed by atoms with Gasteiger partial charge in [-0.2, -0.15) is 0 Å². The van der Waals surface area contributed by atoms with E-state index < -0.39 is 0 Å². The van der Waals surface area contributed by atoms with Gasteiger partial charge in [0, 0.05) is 32.7 Å². The Morgan fingerprint density at radius 2 is 1.89 bits per heavy atom. The van der Waals surface area contributed by atoms with Crippen molar-refractivity contribution in [1.82, 2.24) is 10.2 Å². The number of hydrogen-bond acceptors (Lipinski definition) is 4. The summed E-state index contributed by atoms with van der Waals surface area (Å²) in [4.78, 5) is 26.2. The Labute approximate surface area is 165 Å². The Morgan fingerprint density at radius 3 is 2.61 bits per heavy atom. The monoisotopic (exact) mass is 384 g/mol. The summed E-state index contributed by atoms with van der Waals surface area (Å²) < 4.78 is 10.7. The molecular weight excluding hydrogens is 356 g/mol. The summed E-state index contributed by atoms with van der Waals surface area (Å²) in [6, 6.07) is 13.4. The zero-order valence-electron chi connectivity index (χ0n) is 16.1. The van der Waals surface area contributed by atoms with Crippen molar-refractivity contribution >= 4 is 11.8 Å². The van der Waals surface area contributed by atoms with Gasteiger partial charge in [0.05, 0.1) is 12.9 Å². The van der Waals surface area contributed by atoms with Crippen molar-refractivity contribution in [3.05, 3.63) is 60.1 Å². The number of rotatable bonds is 9. The molecule has 150 valence electrons. The summed E-state index contributed by atoms with van der Waals surface area (Å²) >= 11 is 0.